The van der Waals surface area contributed by atoms with E-state index in [4.69, 9.17) is 0 Å². The van der Waals surface area contributed by atoms with Crippen molar-refractivity contribution in [3.05, 3.63) is 35.9 Å². The van der Waals surface area contributed by atoms with Gasteiger partial charge >= 0.3 is 6.03 Å². The first kappa shape index (κ1) is 18.5. The molecule has 2 N–H and O–H groups in total. The number of benzene rings is 1. The van der Waals surface area contributed by atoms with Gasteiger partial charge in [0.2, 0.25) is 11.8 Å². The number of carbonyl (C=O) groups excluding carboxylic acids is 4. The number of urea groups is 1. The van der Waals surface area contributed by atoms with Gasteiger partial charge in [-0.05, 0) is 24.8 Å². The van der Waals surface area contributed by atoms with Crippen LogP contribution in [0.1, 0.15) is 24.8 Å². The average molecular weight is 384 g/mol. The van der Waals surface area contributed by atoms with Gasteiger partial charge in [0, 0.05) is 32.6 Å². The van der Waals surface area contributed by atoms with Crippen LogP contribution in [0.25, 0.3) is 0 Å². The summed E-state index contributed by atoms with van der Waals surface area (Å²) in [4.78, 5) is 52.1. The lowest BCUT2D eigenvalue weighted by molar-refractivity contribution is -0.139. The molecule has 3 saturated heterocycles. The van der Waals surface area contributed by atoms with Gasteiger partial charge in [0.1, 0.15) is 5.54 Å². The van der Waals surface area contributed by atoms with E-state index in [1.165, 1.54) is 5.56 Å². The molecule has 1 atom stereocenters. The Hall–Kier alpha value is -2.90. The van der Waals surface area contributed by atoms with Crippen LogP contribution in [0.3, 0.4) is 0 Å². The third-order valence-electron chi connectivity index (χ3n) is 6.02. The maximum atomic E-state index is 12.9. The molecule has 8 nitrogen and oxygen atoms in total. The molecule has 1 spiro atoms. The van der Waals surface area contributed by atoms with E-state index in [9.17, 15) is 19.2 Å². The number of nitrogens with zero attached hydrogens (tertiary/aromatic N) is 2. The zero-order valence-corrected chi connectivity index (χ0v) is 15.6. The molecular weight excluding hydrogens is 360 g/mol. The highest BCUT2D eigenvalue weighted by atomic mass is 16.2. The van der Waals surface area contributed by atoms with Crippen molar-refractivity contribution in [2.24, 2.45) is 5.92 Å². The molecule has 0 aromatic heterocycles. The highest BCUT2D eigenvalue weighted by Crippen LogP contribution is 2.28. The molecule has 3 fully saturated rings. The van der Waals surface area contributed by atoms with Crippen LogP contribution in [0.4, 0.5) is 4.79 Å². The molecule has 3 aliphatic heterocycles. The molecule has 0 saturated carbocycles. The van der Waals surface area contributed by atoms with Gasteiger partial charge in [-0.2, -0.15) is 0 Å². The molecule has 3 aliphatic rings. The van der Waals surface area contributed by atoms with Gasteiger partial charge in [-0.1, -0.05) is 30.3 Å². The van der Waals surface area contributed by atoms with Gasteiger partial charge in [-0.25, -0.2) is 4.79 Å². The molecular formula is C20H24N4O4. The zero-order valence-electron chi connectivity index (χ0n) is 15.6. The largest absolute Gasteiger partial charge is 0.342 e. The SMILES string of the molecule is O=C1NC(=O)C2(CCN(C(=O)[C@H]3CC(=O)N(CCc4ccccc4)C3)CC2)N1. The number of likely N-dealkylation sites (tertiary alicyclic amines) is 2. The Morgan fingerprint density at radius 1 is 1.11 bits per heavy atom. The number of amides is 5. The van der Waals surface area contributed by atoms with Gasteiger partial charge in [-0.15, -0.1) is 0 Å². The minimum atomic E-state index is -0.888. The van der Waals surface area contributed by atoms with Crippen LogP contribution >= 0.6 is 0 Å². The topological polar surface area (TPSA) is 98.8 Å². The van der Waals surface area contributed by atoms with Crippen molar-refractivity contribution in [3.63, 3.8) is 0 Å². The second-order valence-corrected chi connectivity index (χ2v) is 7.79. The predicted molar refractivity (Wildman–Crippen MR) is 100 cm³/mol. The molecule has 1 aromatic carbocycles. The Labute approximate surface area is 163 Å². The average Bonchev–Trinajstić information content (AvgIpc) is 3.20. The predicted octanol–water partition coefficient (Wildman–Crippen LogP) is 0.278. The number of carbonyl (C=O) groups is 4. The van der Waals surface area contributed by atoms with Crippen LogP contribution in [0, 0.1) is 5.92 Å². The highest BCUT2D eigenvalue weighted by Gasteiger charge is 2.49. The maximum absolute atomic E-state index is 12.9. The third-order valence-corrected chi connectivity index (χ3v) is 6.02. The van der Waals surface area contributed by atoms with E-state index < -0.39 is 11.6 Å². The van der Waals surface area contributed by atoms with Crippen LogP contribution in [0.2, 0.25) is 0 Å². The number of nitrogens with one attached hydrogen (secondary N) is 2. The van der Waals surface area contributed by atoms with Crippen LogP contribution in [0.5, 0.6) is 0 Å². The Morgan fingerprint density at radius 3 is 2.46 bits per heavy atom. The van der Waals surface area contributed by atoms with Crippen molar-refractivity contribution in [2.45, 2.75) is 31.2 Å². The Balaban J connectivity index is 1.30. The van der Waals surface area contributed by atoms with Crippen molar-refractivity contribution in [2.75, 3.05) is 26.2 Å². The molecule has 8 heteroatoms. The van der Waals surface area contributed by atoms with Crippen molar-refractivity contribution >= 4 is 23.8 Å². The molecule has 0 bridgehead atoms. The first-order valence-electron chi connectivity index (χ1n) is 9.71. The Morgan fingerprint density at radius 2 is 1.82 bits per heavy atom. The summed E-state index contributed by atoms with van der Waals surface area (Å²) in [5.74, 6) is -0.655. The summed E-state index contributed by atoms with van der Waals surface area (Å²) in [5.41, 5.74) is 0.282. The minimum Gasteiger partial charge on any atom is -0.342 e. The molecule has 28 heavy (non-hydrogen) atoms. The molecule has 0 radical (unpaired) electrons. The molecule has 1 aromatic rings. The van der Waals surface area contributed by atoms with Crippen molar-refractivity contribution in [3.8, 4) is 0 Å². The second-order valence-electron chi connectivity index (χ2n) is 7.79. The normalized spacial score (nSPS) is 23.9. The first-order chi connectivity index (χ1) is 13.5. The number of hydrogen-bond acceptors (Lipinski definition) is 4. The number of imide groups is 1. The van der Waals surface area contributed by atoms with Gasteiger partial charge in [0.25, 0.3) is 5.91 Å². The van der Waals surface area contributed by atoms with E-state index in [2.05, 4.69) is 10.6 Å². The van der Waals surface area contributed by atoms with Gasteiger partial charge in [0.15, 0.2) is 0 Å². The first-order valence-corrected chi connectivity index (χ1v) is 9.71. The summed E-state index contributed by atoms with van der Waals surface area (Å²) < 4.78 is 0. The summed E-state index contributed by atoms with van der Waals surface area (Å²) in [5, 5.41) is 4.97. The smallest absolute Gasteiger partial charge is 0.322 e. The second kappa shape index (κ2) is 7.26. The quantitative estimate of drug-likeness (QED) is 0.729. The molecule has 3 heterocycles. The van der Waals surface area contributed by atoms with Crippen LogP contribution < -0.4 is 10.6 Å². The summed E-state index contributed by atoms with van der Waals surface area (Å²) in [6.07, 6.45) is 1.81. The van der Waals surface area contributed by atoms with E-state index in [1.807, 2.05) is 30.3 Å². The summed E-state index contributed by atoms with van der Waals surface area (Å²) in [7, 11) is 0. The fraction of sp³-hybridized carbons (Fsp3) is 0.500. The summed E-state index contributed by atoms with van der Waals surface area (Å²) in [6, 6.07) is 9.51. The third kappa shape index (κ3) is 3.46. The van der Waals surface area contributed by atoms with E-state index in [0.717, 1.165) is 6.42 Å². The lowest BCUT2D eigenvalue weighted by atomic mass is 9.87. The standard InChI is InChI=1S/C20H24N4O4/c25-16-12-15(13-24(16)9-6-14-4-2-1-3-5-14)17(26)23-10-7-20(8-11-23)18(27)21-19(28)22-20/h1-5,15H,6-13H2,(H2,21,22,27,28)/t15-/m0/s1. The van der Waals surface area contributed by atoms with Gasteiger partial charge < -0.3 is 15.1 Å². The monoisotopic (exact) mass is 384 g/mol. The Bertz CT molecular complexity index is 802. The lowest BCUT2D eigenvalue weighted by Crippen LogP contribution is -2.56. The molecule has 148 valence electrons. The zero-order chi connectivity index (χ0) is 19.7. The maximum Gasteiger partial charge on any atom is 0.322 e. The van der Waals surface area contributed by atoms with Crippen LogP contribution in [0.15, 0.2) is 30.3 Å². The van der Waals surface area contributed by atoms with Crippen molar-refractivity contribution in [1.82, 2.24) is 20.4 Å². The van der Waals surface area contributed by atoms with Crippen molar-refractivity contribution in [1.29, 1.82) is 0 Å². The number of rotatable bonds is 4. The van der Waals surface area contributed by atoms with Crippen LogP contribution in [-0.2, 0) is 20.8 Å². The van der Waals surface area contributed by atoms with E-state index in [1.54, 1.807) is 9.80 Å². The van der Waals surface area contributed by atoms with Gasteiger partial charge in [-0.3, -0.25) is 19.7 Å². The fourth-order valence-electron chi connectivity index (χ4n) is 4.31. The number of hydrogen-bond donors (Lipinski definition) is 2. The van der Waals surface area contributed by atoms with Crippen molar-refractivity contribution < 1.29 is 19.2 Å². The van der Waals surface area contributed by atoms with Gasteiger partial charge in [0.05, 0.1) is 5.92 Å². The molecule has 0 aliphatic carbocycles. The number of piperidine rings is 1. The highest BCUT2D eigenvalue weighted by molar-refractivity contribution is 6.07. The molecule has 5 amide bonds. The minimum absolute atomic E-state index is 0.0187. The molecule has 0 unspecified atom stereocenters. The fourth-order valence-corrected chi connectivity index (χ4v) is 4.31. The lowest BCUT2D eigenvalue weighted by Gasteiger charge is -2.37. The Kier molecular flexibility index (Phi) is 4.78. The summed E-state index contributed by atoms with van der Waals surface area (Å²) >= 11 is 0. The molecule has 4 rings (SSSR count). The van der Waals surface area contributed by atoms with E-state index in [-0.39, 0.29) is 30.1 Å². The van der Waals surface area contributed by atoms with E-state index in [0.29, 0.717) is 39.0 Å². The van der Waals surface area contributed by atoms with E-state index >= 15 is 0 Å². The summed E-state index contributed by atoms with van der Waals surface area (Å²) in [6.45, 7) is 1.87. The van der Waals surface area contributed by atoms with Crippen LogP contribution in [-0.4, -0.2) is 65.3 Å².